The molecular weight excluding hydrogens is 479 g/mol. The minimum Gasteiger partial charge on any atom is -0.497 e. The van der Waals surface area contributed by atoms with Gasteiger partial charge < -0.3 is 19.5 Å². The van der Waals surface area contributed by atoms with Gasteiger partial charge in [0, 0.05) is 11.3 Å². The van der Waals surface area contributed by atoms with Gasteiger partial charge in [-0.15, -0.1) is 0 Å². The number of hydrogen-bond donors (Lipinski definition) is 1. The molecule has 0 aliphatic heterocycles. The van der Waals surface area contributed by atoms with Gasteiger partial charge in [-0.05, 0) is 60.7 Å². The van der Waals surface area contributed by atoms with Crippen LogP contribution in [0.5, 0.6) is 17.5 Å². The Hall–Kier alpha value is -3.88. The van der Waals surface area contributed by atoms with Gasteiger partial charge in [-0.2, -0.15) is 15.0 Å². The Morgan fingerprint density at radius 3 is 2.15 bits per heavy atom. The summed E-state index contributed by atoms with van der Waals surface area (Å²) >= 11 is 12.5. The van der Waals surface area contributed by atoms with Gasteiger partial charge in [0.25, 0.3) is 0 Å². The number of esters is 1. The molecule has 4 rings (SSSR count). The van der Waals surface area contributed by atoms with Crippen molar-refractivity contribution in [2.75, 3.05) is 19.5 Å². The van der Waals surface area contributed by atoms with Gasteiger partial charge >= 0.3 is 12.0 Å². The number of ether oxygens (including phenoxy) is 3. The van der Waals surface area contributed by atoms with Gasteiger partial charge in [0.15, 0.2) is 11.6 Å². The summed E-state index contributed by atoms with van der Waals surface area (Å²) in [6, 6.07) is 18.9. The van der Waals surface area contributed by atoms with E-state index in [4.69, 9.17) is 37.4 Å². The SMILES string of the molecule is COC(=O)c1ccc(Nc2nc(Oc3c(Cl)cccc3Cl)nc(-c3ccc(OC)cc3)n2)cc1. The molecule has 0 saturated carbocycles. The number of anilines is 2. The zero-order valence-electron chi connectivity index (χ0n) is 18.1. The van der Waals surface area contributed by atoms with Crippen molar-refractivity contribution in [2.45, 2.75) is 0 Å². The number of nitrogens with zero attached hydrogens (tertiary/aromatic N) is 3. The van der Waals surface area contributed by atoms with Crippen LogP contribution in [0.4, 0.5) is 11.6 Å². The average molecular weight is 497 g/mol. The maximum atomic E-state index is 11.7. The van der Waals surface area contributed by atoms with Crippen molar-refractivity contribution in [3.63, 3.8) is 0 Å². The van der Waals surface area contributed by atoms with Crippen molar-refractivity contribution >= 4 is 40.8 Å². The van der Waals surface area contributed by atoms with Gasteiger partial charge in [-0.1, -0.05) is 29.3 Å². The topological polar surface area (TPSA) is 95.5 Å². The number of hydrogen-bond acceptors (Lipinski definition) is 8. The van der Waals surface area contributed by atoms with E-state index in [0.29, 0.717) is 38.4 Å². The summed E-state index contributed by atoms with van der Waals surface area (Å²) in [5, 5.41) is 3.71. The number of benzene rings is 3. The van der Waals surface area contributed by atoms with Crippen molar-refractivity contribution < 1.29 is 19.0 Å². The number of para-hydroxylation sites is 1. The summed E-state index contributed by atoms with van der Waals surface area (Å²) in [6.07, 6.45) is 0. The Morgan fingerprint density at radius 2 is 1.53 bits per heavy atom. The molecule has 1 heterocycles. The second-order valence-electron chi connectivity index (χ2n) is 6.84. The zero-order chi connectivity index (χ0) is 24.1. The number of carbonyl (C=O) groups is 1. The molecule has 0 spiro atoms. The van der Waals surface area contributed by atoms with Crippen LogP contribution in [0.3, 0.4) is 0 Å². The Kier molecular flexibility index (Phi) is 7.10. The summed E-state index contributed by atoms with van der Waals surface area (Å²) in [6.45, 7) is 0. The lowest BCUT2D eigenvalue weighted by molar-refractivity contribution is 0.0601. The van der Waals surface area contributed by atoms with Crippen LogP contribution in [0.1, 0.15) is 10.4 Å². The van der Waals surface area contributed by atoms with Crippen molar-refractivity contribution in [2.24, 2.45) is 0 Å². The number of carbonyl (C=O) groups excluding carboxylic acids is 1. The highest BCUT2D eigenvalue weighted by molar-refractivity contribution is 6.37. The lowest BCUT2D eigenvalue weighted by atomic mass is 10.2. The van der Waals surface area contributed by atoms with E-state index in [0.717, 1.165) is 0 Å². The fourth-order valence-corrected chi connectivity index (χ4v) is 3.41. The smallest absolute Gasteiger partial charge is 0.337 e. The first-order valence-corrected chi connectivity index (χ1v) is 10.7. The van der Waals surface area contributed by atoms with Crippen LogP contribution >= 0.6 is 23.2 Å². The molecule has 0 radical (unpaired) electrons. The van der Waals surface area contributed by atoms with Crippen LogP contribution in [0, 0.1) is 0 Å². The van der Waals surface area contributed by atoms with E-state index in [-0.39, 0.29) is 17.7 Å². The van der Waals surface area contributed by atoms with Crippen molar-refractivity contribution in [3.8, 4) is 28.9 Å². The Morgan fingerprint density at radius 1 is 0.853 bits per heavy atom. The second-order valence-corrected chi connectivity index (χ2v) is 7.65. The molecule has 0 bridgehead atoms. The minimum atomic E-state index is -0.430. The number of aromatic nitrogens is 3. The lowest BCUT2D eigenvalue weighted by Gasteiger charge is -2.12. The molecule has 34 heavy (non-hydrogen) atoms. The Bertz CT molecular complexity index is 1300. The molecule has 0 saturated heterocycles. The van der Waals surface area contributed by atoms with E-state index in [1.807, 2.05) is 12.1 Å². The number of methoxy groups -OCH3 is 2. The molecule has 0 unspecified atom stereocenters. The van der Waals surface area contributed by atoms with Gasteiger partial charge in [-0.3, -0.25) is 0 Å². The molecule has 1 N–H and O–H groups in total. The lowest BCUT2D eigenvalue weighted by Crippen LogP contribution is -2.04. The van der Waals surface area contributed by atoms with Crippen LogP contribution in [0.15, 0.2) is 66.7 Å². The summed E-state index contributed by atoms with van der Waals surface area (Å²) in [4.78, 5) is 25.0. The number of halogens is 2. The van der Waals surface area contributed by atoms with Crippen LogP contribution in [0.25, 0.3) is 11.4 Å². The standard InChI is InChI=1S/C24H18Cl2N4O4/c1-32-17-12-8-14(9-13-17)21-28-23(27-16-10-6-15(7-11-16)22(31)33-2)30-24(29-21)34-20-18(25)4-3-5-19(20)26/h3-13H,1-2H3,(H,27,28,29,30). The highest BCUT2D eigenvalue weighted by Crippen LogP contribution is 2.35. The molecule has 8 nitrogen and oxygen atoms in total. The van der Waals surface area contributed by atoms with E-state index >= 15 is 0 Å². The second kappa shape index (κ2) is 10.4. The zero-order valence-corrected chi connectivity index (χ0v) is 19.6. The van der Waals surface area contributed by atoms with Crippen molar-refractivity contribution in [1.29, 1.82) is 0 Å². The Balaban J connectivity index is 1.71. The third kappa shape index (κ3) is 5.36. The predicted molar refractivity (Wildman–Crippen MR) is 129 cm³/mol. The fourth-order valence-electron chi connectivity index (χ4n) is 2.94. The third-order valence-corrected chi connectivity index (χ3v) is 5.23. The van der Waals surface area contributed by atoms with E-state index in [1.165, 1.54) is 7.11 Å². The number of rotatable bonds is 7. The van der Waals surface area contributed by atoms with E-state index < -0.39 is 5.97 Å². The summed E-state index contributed by atoms with van der Waals surface area (Å²) in [5.74, 6) is 1.06. The molecule has 10 heteroatoms. The highest BCUT2D eigenvalue weighted by Gasteiger charge is 2.15. The Labute approximate surface area is 205 Å². The maximum absolute atomic E-state index is 11.7. The van der Waals surface area contributed by atoms with Crippen molar-refractivity contribution in [1.82, 2.24) is 15.0 Å². The first-order valence-electron chi connectivity index (χ1n) is 9.94. The summed E-state index contributed by atoms with van der Waals surface area (Å²) in [7, 11) is 2.91. The van der Waals surface area contributed by atoms with Gasteiger partial charge in [-0.25, -0.2) is 4.79 Å². The molecular formula is C24H18Cl2N4O4. The van der Waals surface area contributed by atoms with Crippen LogP contribution in [-0.2, 0) is 4.74 Å². The predicted octanol–water partition coefficient (Wildman–Crippen LogP) is 6.18. The van der Waals surface area contributed by atoms with Crippen molar-refractivity contribution in [3.05, 3.63) is 82.3 Å². The maximum Gasteiger partial charge on any atom is 0.337 e. The molecule has 0 amide bonds. The molecule has 0 aliphatic carbocycles. The fraction of sp³-hybridized carbons (Fsp3) is 0.0833. The van der Waals surface area contributed by atoms with Crippen LogP contribution in [-0.4, -0.2) is 35.1 Å². The molecule has 1 aromatic heterocycles. The molecule has 4 aromatic rings. The monoisotopic (exact) mass is 496 g/mol. The third-order valence-electron chi connectivity index (χ3n) is 4.64. The minimum absolute atomic E-state index is 0.00972. The van der Waals surface area contributed by atoms with Gasteiger partial charge in [0.1, 0.15) is 5.75 Å². The van der Waals surface area contributed by atoms with Gasteiger partial charge in [0.2, 0.25) is 5.95 Å². The van der Waals surface area contributed by atoms with E-state index in [2.05, 4.69) is 20.3 Å². The summed E-state index contributed by atoms with van der Waals surface area (Å²) < 4.78 is 15.8. The molecule has 0 fully saturated rings. The molecule has 0 aliphatic rings. The average Bonchev–Trinajstić information content (AvgIpc) is 2.86. The van der Waals surface area contributed by atoms with E-state index in [9.17, 15) is 4.79 Å². The summed E-state index contributed by atoms with van der Waals surface area (Å²) in [5.41, 5.74) is 1.77. The van der Waals surface area contributed by atoms with Gasteiger partial charge in [0.05, 0.1) is 29.8 Å². The molecule has 172 valence electrons. The highest BCUT2D eigenvalue weighted by atomic mass is 35.5. The molecule has 3 aromatic carbocycles. The molecule has 0 atom stereocenters. The number of nitrogens with one attached hydrogen (secondary N) is 1. The van der Waals surface area contributed by atoms with Crippen LogP contribution < -0.4 is 14.8 Å². The quantitative estimate of drug-likeness (QED) is 0.303. The largest absolute Gasteiger partial charge is 0.497 e. The normalized spacial score (nSPS) is 10.5. The van der Waals surface area contributed by atoms with Crippen LogP contribution in [0.2, 0.25) is 10.0 Å². The first kappa shape index (κ1) is 23.3. The van der Waals surface area contributed by atoms with E-state index in [1.54, 1.807) is 61.7 Å². The first-order chi connectivity index (χ1) is 16.5.